The minimum atomic E-state index is -0.610. The van der Waals surface area contributed by atoms with Crippen molar-refractivity contribution in [3.63, 3.8) is 0 Å². The van der Waals surface area contributed by atoms with Crippen LogP contribution in [0.3, 0.4) is 0 Å². The first kappa shape index (κ1) is 8.34. The smallest absolute Gasteiger partial charge is 0.117 e. The van der Waals surface area contributed by atoms with Gasteiger partial charge in [0.1, 0.15) is 6.10 Å². The van der Waals surface area contributed by atoms with Gasteiger partial charge in [-0.1, -0.05) is 12.2 Å². The van der Waals surface area contributed by atoms with E-state index < -0.39 is 6.10 Å². The molecule has 0 aromatic rings. The zero-order chi connectivity index (χ0) is 8.43. The van der Waals surface area contributed by atoms with E-state index in [9.17, 15) is 5.11 Å². The summed E-state index contributed by atoms with van der Waals surface area (Å²) >= 11 is 0. The summed E-state index contributed by atoms with van der Waals surface area (Å²) in [5, 5.41) is 11.0. The molecule has 61 valence electrons. The SMILES string of the molecule is CC([O])C1=CN(C)C(C)C=C1. The van der Waals surface area contributed by atoms with Crippen LogP contribution in [0.25, 0.3) is 0 Å². The molecule has 0 aromatic heterocycles. The van der Waals surface area contributed by atoms with E-state index in [1.807, 2.05) is 30.3 Å². The topological polar surface area (TPSA) is 23.1 Å². The van der Waals surface area contributed by atoms with Crippen molar-refractivity contribution in [3.8, 4) is 0 Å². The molecule has 0 amide bonds. The average Bonchev–Trinajstić information content (AvgIpc) is 1.94. The standard InChI is InChI=1S/C9H14NO/c1-7-4-5-9(8(2)11)6-10(7)3/h4-8H,1-3H3. The second-order valence-electron chi connectivity index (χ2n) is 3.04. The molecule has 0 aliphatic carbocycles. The third kappa shape index (κ3) is 1.84. The van der Waals surface area contributed by atoms with Gasteiger partial charge in [0.2, 0.25) is 0 Å². The van der Waals surface area contributed by atoms with Gasteiger partial charge in [-0.05, 0) is 19.4 Å². The van der Waals surface area contributed by atoms with E-state index >= 15 is 0 Å². The fourth-order valence-electron chi connectivity index (χ4n) is 1.02. The molecule has 0 saturated carbocycles. The maximum absolute atomic E-state index is 11.0. The summed E-state index contributed by atoms with van der Waals surface area (Å²) in [6.45, 7) is 3.76. The van der Waals surface area contributed by atoms with Crippen molar-refractivity contribution in [1.82, 2.24) is 4.90 Å². The second-order valence-corrected chi connectivity index (χ2v) is 3.04. The quantitative estimate of drug-likeness (QED) is 0.559. The highest BCUT2D eigenvalue weighted by Crippen LogP contribution is 2.14. The van der Waals surface area contributed by atoms with E-state index in [1.54, 1.807) is 6.92 Å². The third-order valence-corrected chi connectivity index (χ3v) is 2.03. The fourth-order valence-corrected chi connectivity index (χ4v) is 1.02. The Bertz CT molecular complexity index is 194. The van der Waals surface area contributed by atoms with Crippen LogP contribution in [0.5, 0.6) is 0 Å². The van der Waals surface area contributed by atoms with Crippen LogP contribution in [0.1, 0.15) is 13.8 Å². The van der Waals surface area contributed by atoms with Crippen LogP contribution in [0, 0.1) is 0 Å². The Morgan fingerprint density at radius 2 is 2.27 bits per heavy atom. The molecule has 1 aliphatic rings. The van der Waals surface area contributed by atoms with E-state index in [-0.39, 0.29) is 0 Å². The Balaban J connectivity index is 2.72. The maximum Gasteiger partial charge on any atom is 0.117 e. The van der Waals surface area contributed by atoms with Crippen molar-refractivity contribution >= 4 is 0 Å². The van der Waals surface area contributed by atoms with Gasteiger partial charge >= 0.3 is 0 Å². The molecule has 1 aliphatic heterocycles. The largest absolute Gasteiger partial charge is 0.374 e. The van der Waals surface area contributed by atoms with Gasteiger partial charge in [-0.3, -0.25) is 0 Å². The molecule has 0 N–H and O–H groups in total. The molecule has 1 rings (SSSR count). The van der Waals surface area contributed by atoms with E-state index in [1.165, 1.54) is 0 Å². The van der Waals surface area contributed by atoms with Crippen LogP contribution >= 0.6 is 0 Å². The lowest BCUT2D eigenvalue weighted by Crippen LogP contribution is -2.25. The monoisotopic (exact) mass is 152 g/mol. The molecule has 0 bridgehead atoms. The van der Waals surface area contributed by atoms with Crippen molar-refractivity contribution in [1.29, 1.82) is 0 Å². The summed E-state index contributed by atoms with van der Waals surface area (Å²) in [6, 6.07) is 0.414. The lowest BCUT2D eigenvalue weighted by atomic mass is 10.1. The Morgan fingerprint density at radius 3 is 2.73 bits per heavy atom. The van der Waals surface area contributed by atoms with E-state index in [4.69, 9.17) is 0 Å². The van der Waals surface area contributed by atoms with Crippen LogP contribution in [0.2, 0.25) is 0 Å². The zero-order valence-electron chi connectivity index (χ0n) is 7.24. The average molecular weight is 152 g/mol. The lowest BCUT2D eigenvalue weighted by molar-refractivity contribution is 0.136. The molecular formula is C9H14NO. The third-order valence-electron chi connectivity index (χ3n) is 2.03. The van der Waals surface area contributed by atoms with Crippen LogP contribution in [-0.2, 0) is 5.11 Å². The summed E-state index contributed by atoms with van der Waals surface area (Å²) in [4.78, 5) is 2.05. The van der Waals surface area contributed by atoms with Crippen LogP contribution in [0.4, 0.5) is 0 Å². The number of nitrogens with zero attached hydrogens (tertiary/aromatic N) is 1. The van der Waals surface area contributed by atoms with Gasteiger partial charge in [0.05, 0.1) is 0 Å². The van der Waals surface area contributed by atoms with Gasteiger partial charge in [0.25, 0.3) is 0 Å². The number of hydrogen-bond acceptors (Lipinski definition) is 1. The summed E-state index contributed by atoms with van der Waals surface area (Å²) in [7, 11) is 1.98. The molecule has 2 heteroatoms. The van der Waals surface area contributed by atoms with E-state index in [0.717, 1.165) is 5.57 Å². The molecular weight excluding hydrogens is 138 g/mol. The first-order chi connectivity index (χ1) is 5.11. The van der Waals surface area contributed by atoms with Gasteiger partial charge in [-0.15, -0.1) is 0 Å². The molecule has 2 atom stereocenters. The Hall–Kier alpha value is -0.760. The Labute approximate surface area is 67.8 Å². The predicted octanol–water partition coefficient (Wildman–Crippen LogP) is 1.58. The summed E-state index contributed by atoms with van der Waals surface area (Å²) < 4.78 is 0. The highest BCUT2D eigenvalue weighted by molar-refractivity contribution is 5.26. The van der Waals surface area contributed by atoms with E-state index in [2.05, 4.69) is 6.92 Å². The molecule has 0 saturated heterocycles. The maximum atomic E-state index is 11.0. The Morgan fingerprint density at radius 1 is 1.64 bits per heavy atom. The molecule has 11 heavy (non-hydrogen) atoms. The number of rotatable bonds is 1. The van der Waals surface area contributed by atoms with Gasteiger partial charge in [-0.25, -0.2) is 5.11 Å². The second kappa shape index (κ2) is 3.09. The number of hydrogen-bond donors (Lipinski definition) is 0. The predicted molar refractivity (Wildman–Crippen MR) is 44.6 cm³/mol. The van der Waals surface area contributed by atoms with Crippen molar-refractivity contribution in [2.45, 2.75) is 26.0 Å². The lowest BCUT2D eigenvalue weighted by Gasteiger charge is -2.25. The van der Waals surface area contributed by atoms with Gasteiger partial charge in [0, 0.05) is 19.3 Å². The van der Waals surface area contributed by atoms with Crippen LogP contribution in [-0.4, -0.2) is 24.1 Å². The van der Waals surface area contributed by atoms with Crippen molar-refractivity contribution in [2.75, 3.05) is 7.05 Å². The van der Waals surface area contributed by atoms with Crippen molar-refractivity contribution in [2.24, 2.45) is 0 Å². The van der Waals surface area contributed by atoms with Crippen molar-refractivity contribution < 1.29 is 5.11 Å². The minimum Gasteiger partial charge on any atom is -0.374 e. The van der Waals surface area contributed by atoms with Crippen molar-refractivity contribution in [3.05, 3.63) is 23.9 Å². The van der Waals surface area contributed by atoms with E-state index in [0.29, 0.717) is 6.04 Å². The molecule has 0 spiro atoms. The number of likely N-dealkylation sites (N-methyl/N-ethyl adjacent to an activating group) is 1. The highest BCUT2D eigenvalue weighted by Gasteiger charge is 2.11. The normalized spacial score (nSPS) is 26.7. The molecule has 0 aromatic carbocycles. The van der Waals surface area contributed by atoms with Crippen LogP contribution < -0.4 is 0 Å². The molecule has 2 unspecified atom stereocenters. The molecule has 1 heterocycles. The van der Waals surface area contributed by atoms with Gasteiger partial charge in [-0.2, -0.15) is 0 Å². The summed E-state index contributed by atoms with van der Waals surface area (Å²) in [5.41, 5.74) is 0.866. The Kier molecular flexibility index (Phi) is 2.35. The summed E-state index contributed by atoms with van der Waals surface area (Å²) in [5.74, 6) is 0. The van der Waals surface area contributed by atoms with Gasteiger partial charge in [0.15, 0.2) is 0 Å². The highest BCUT2D eigenvalue weighted by atomic mass is 16.3. The molecule has 1 radical (unpaired) electrons. The first-order valence-corrected chi connectivity index (χ1v) is 3.89. The molecule has 2 nitrogen and oxygen atoms in total. The zero-order valence-corrected chi connectivity index (χ0v) is 7.24. The summed E-state index contributed by atoms with van der Waals surface area (Å²) in [6.07, 6.45) is 5.27. The van der Waals surface area contributed by atoms with Gasteiger partial charge < -0.3 is 4.90 Å². The first-order valence-electron chi connectivity index (χ1n) is 3.89. The minimum absolute atomic E-state index is 0.414. The molecule has 0 fully saturated rings. The van der Waals surface area contributed by atoms with Crippen LogP contribution in [0.15, 0.2) is 23.9 Å². The fraction of sp³-hybridized carbons (Fsp3) is 0.556.